The molecule has 0 unspecified atom stereocenters. The molecule has 156 valence electrons. The highest BCUT2D eigenvalue weighted by molar-refractivity contribution is 8.15. The molecule has 0 bridgehead atoms. The van der Waals surface area contributed by atoms with E-state index in [1.165, 1.54) is 17.3 Å². The number of rotatable bonds is 7. The summed E-state index contributed by atoms with van der Waals surface area (Å²) in [6.07, 6.45) is 2.73. The van der Waals surface area contributed by atoms with E-state index in [0.717, 1.165) is 28.9 Å². The van der Waals surface area contributed by atoms with Gasteiger partial charge in [0.2, 0.25) is 11.8 Å². The quantitative estimate of drug-likeness (QED) is 0.639. The summed E-state index contributed by atoms with van der Waals surface area (Å²) in [5.41, 5.74) is 4.83. The van der Waals surface area contributed by atoms with Crippen LogP contribution in [0.5, 0.6) is 0 Å². The Balaban J connectivity index is 1.75. The number of aliphatic imine (C=N–C) groups is 1. The van der Waals surface area contributed by atoms with Crippen LogP contribution < -0.4 is 5.32 Å². The number of para-hydroxylation sites is 1. The first-order chi connectivity index (χ1) is 14.4. The minimum atomic E-state index is -0.497. The zero-order valence-electron chi connectivity index (χ0n) is 17.6. The molecule has 2 aromatic rings. The average molecular weight is 422 g/mol. The van der Waals surface area contributed by atoms with Gasteiger partial charge in [-0.25, -0.2) is 4.99 Å². The van der Waals surface area contributed by atoms with E-state index in [4.69, 9.17) is 0 Å². The van der Waals surface area contributed by atoms with Crippen LogP contribution in [0.2, 0.25) is 0 Å². The van der Waals surface area contributed by atoms with Crippen molar-refractivity contribution in [1.82, 2.24) is 4.90 Å². The molecule has 1 N–H and O–H groups in total. The number of aryl methyl sites for hydroxylation is 3. The zero-order chi connectivity index (χ0) is 21.7. The van der Waals surface area contributed by atoms with Gasteiger partial charge in [0.15, 0.2) is 5.17 Å². The van der Waals surface area contributed by atoms with Crippen molar-refractivity contribution in [2.24, 2.45) is 4.99 Å². The number of thioether (sulfide) groups is 1. The lowest BCUT2D eigenvalue weighted by atomic mass is 10.1. The molecule has 1 fully saturated rings. The van der Waals surface area contributed by atoms with E-state index in [0.29, 0.717) is 11.7 Å². The van der Waals surface area contributed by atoms with Gasteiger partial charge in [-0.2, -0.15) is 0 Å². The number of amides is 2. The molecule has 3 rings (SSSR count). The molecule has 5 nitrogen and oxygen atoms in total. The Morgan fingerprint density at radius 3 is 2.47 bits per heavy atom. The topological polar surface area (TPSA) is 61.8 Å². The maximum Gasteiger partial charge on any atom is 0.242 e. The Labute approximate surface area is 182 Å². The number of benzene rings is 2. The molecule has 1 aliphatic rings. The van der Waals surface area contributed by atoms with Crippen LogP contribution >= 0.6 is 11.8 Å². The Kier molecular flexibility index (Phi) is 7.11. The summed E-state index contributed by atoms with van der Waals surface area (Å²) in [4.78, 5) is 31.8. The van der Waals surface area contributed by atoms with E-state index in [1.54, 1.807) is 11.0 Å². The fourth-order valence-electron chi connectivity index (χ4n) is 3.31. The van der Waals surface area contributed by atoms with Crippen molar-refractivity contribution in [2.45, 2.75) is 38.9 Å². The summed E-state index contributed by atoms with van der Waals surface area (Å²) < 4.78 is 0. The van der Waals surface area contributed by atoms with Gasteiger partial charge >= 0.3 is 0 Å². The van der Waals surface area contributed by atoms with Gasteiger partial charge in [0.1, 0.15) is 5.25 Å². The van der Waals surface area contributed by atoms with Crippen LogP contribution in [0.15, 0.2) is 60.1 Å². The predicted molar refractivity (Wildman–Crippen MR) is 125 cm³/mol. The predicted octanol–water partition coefficient (Wildman–Crippen LogP) is 5.01. The molecule has 6 heteroatoms. The van der Waals surface area contributed by atoms with E-state index < -0.39 is 5.25 Å². The van der Waals surface area contributed by atoms with E-state index in [-0.39, 0.29) is 18.2 Å². The summed E-state index contributed by atoms with van der Waals surface area (Å²) in [7, 11) is 0. The van der Waals surface area contributed by atoms with E-state index >= 15 is 0 Å². The van der Waals surface area contributed by atoms with Crippen molar-refractivity contribution in [3.63, 3.8) is 0 Å². The second kappa shape index (κ2) is 9.76. The molecule has 2 aromatic carbocycles. The summed E-state index contributed by atoms with van der Waals surface area (Å²) in [5.74, 6) is -0.286. The molecule has 30 heavy (non-hydrogen) atoms. The molecule has 1 aliphatic heterocycles. The lowest BCUT2D eigenvalue weighted by Crippen LogP contribution is -2.33. The second-order valence-electron chi connectivity index (χ2n) is 7.28. The number of carbonyl (C=O) groups excluding carboxylic acids is 2. The highest BCUT2D eigenvalue weighted by Gasteiger charge is 2.38. The largest absolute Gasteiger partial charge is 0.326 e. The van der Waals surface area contributed by atoms with Gasteiger partial charge in [-0.15, -0.1) is 6.58 Å². The van der Waals surface area contributed by atoms with Crippen molar-refractivity contribution < 1.29 is 9.59 Å². The molecular formula is C24H27N3O2S. The number of nitrogens with one attached hydrogen (secondary N) is 1. The molecule has 0 radical (unpaired) electrons. The number of carbonyl (C=O) groups is 2. The van der Waals surface area contributed by atoms with E-state index in [2.05, 4.69) is 23.8 Å². The SMILES string of the molecule is C=CCN1C(=O)[C@@H](CC(=O)Nc2c(C)cccc2C)SC1=Nc1ccc(CC)cc1. The van der Waals surface area contributed by atoms with Crippen molar-refractivity contribution >= 4 is 40.1 Å². The normalized spacial score (nSPS) is 17.4. The second-order valence-corrected chi connectivity index (χ2v) is 8.45. The van der Waals surface area contributed by atoms with Gasteiger partial charge in [-0.05, 0) is 49.1 Å². The van der Waals surface area contributed by atoms with Crippen LogP contribution in [0.1, 0.15) is 30.0 Å². The fraction of sp³-hybridized carbons (Fsp3) is 0.292. The first-order valence-corrected chi connectivity index (χ1v) is 10.9. The third-order valence-corrected chi connectivity index (χ3v) is 6.19. The number of amidine groups is 1. The molecule has 0 saturated carbocycles. The van der Waals surface area contributed by atoms with Gasteiger partial charge in [0.25, 0.3) is 0 Å². The van der Waals surface area contributed by atoms with E-state index in [9.17, 15) is 9.59 Å². The monoisotopic (exact) mass is 421 g/mol. The maximum absolute atomic E-state index is 12.9. The van der Waals surface area contributed by atoms with Crippen molar-refractivity contribution in [1.29, 1.82) is 0 Å². The van der Waals surface area contributed by atoms with Gasteiger partial charge in [-0.3, -0.25) is 14.5 Å². The number of anilines is 1. The number of hydrogen-bond donors (Lipinski definition) is 1. The van der Waals surface area contributed by atoms with E-state index in [1.807, 2.05) is 56.3 Å². The van der Waals surface area contributed by atoms with Gasteiger partial charge in [-0.1, -0.05) is 55.1 Å². The molecule has 1 heterocycles. The smallest absolute Gasteiger partial charge is 0.242 e. The fourth-order valence-corrected chi connectivity index (χ4v) is 4.48. The molecule has 0 aliphatic carbocycles. The van der Waals surface area contributed by atoms with Crippen molar-refractivity contribution in [3.8, 4) is 0 Å². The van der Waals surface area contributed by atoms with Crippen LogP contribution in [0.25, 0.3) is 0 Å². The van der Waals surface area contributed by atoms with Crippen molar-refractivity contribution in [2.75, 3.05) is 11.9 Å². The Morgan fingerprint density at radius 2 is 1.87 bits per heavy atom. The number of nitrogens with zero attached hydrogens (tertiary/aromatic N) is 2. The Bertz CT molecular complexity index is 962. The minimum Gasteiger partial charge on any atom is -0.326 e. The summed E-state index contributed by atoms with van der Waals surface area (Å²) in [6.45, 7) is 10.1. The molecule has 1 saturated heterocycles. The first kappa shape index (κ1) is 21.8. The third kappa shape index (κ3) is 5.00. The Hall–Kier alpha value is -2.86. The first-order valence-electron chi connectivity index (χ1n) is 10.1. The zero-order valence-corrected chi connectivity index (χ0v) is 18.5. The standard InChI is InChI=1S/C24H27N3O2S/c1-5-14-27-23(29)20(15-21(28)26-22-16(3)8-7-9-17(22)4)30-24(27)25-19-12-10-18(6-2)11-13-19/h5,7-13,20H,1,6,14-15H2,2-4H3,(H,26,28)/t20-/m1/s1. The van der Waals surface area contributed by atoms with Crippen LogP contribution in [0, 0.1) is 13.8 Å². The van der Waals surface area contributed by atoms with Gasteiger partial charge in [0.05, 0.1) is 5.69 Å². The molecular weight excluding hydrogens is 394 g/mol. The highest BCUT2D eigenvalue weighted by Crippen LogP contribution is 2.32. The summed E-state index contributed by atoms with van der Waals surface area (Å²) >= 11 is 1.34. The molecule has 1 atom stereocenters. The average Bonchev–Trinajstić information content (AvgIpc) is 3.00. The lowest BCUT2D eigenvalue weighted by molar-refractivity contribution is -0.127. The summed E-state index contributed by atoms with van der Waals surface area (Å²) in [6, 6.07) is 13.8. The highest BCUT2D eigenvalue weighted by atomic mass is 32.2. The van der Waals surface area contributed by atoms with Crippen LogP contribution in [-0.4, -0.2) is 33.7 Å². The third-order valence-electron chi connectivity index (χ3n) is 5.02. The minimum absolute atomic E-state index is 0.0959. The molecule has 0 spiro atoms. The molecule has 2 amide bonds. The Morgan fingerprint density at radius 1 is 1.20 bits per heavy atom. The van der Waals surface area contributed by atoms with Crippen molar-refractivity contribution in [3.05, 3.63) is 71.8 Å². The van der Waals surface area contributed by atoms with Crippen LogP contribution in [0.3, 0.4) is 0 Å². The number of hydrogen-bond acceptors (Lipinski definition) is 4. The van der Waals surface area contributed by atoms with Crippen LogP contribution in [0.4, 0.5) is 11.4 Å². The van der Waals surface area contributed by atoms with Gasteiger partial charge < -0.3 is 5.32 Å². The lowest BCUT2D eigenvalue weighted by Gasteiger charge is -2.14. The summed E-state index contributed by atoms with van der Waals surface area (Å²) in [5, 5.41) is 3.08. The maximum atomic E-state index is 12.9. The van der Waals surface area contributed by atoms with Crippen LogP contribution in [-0.2, 0) is 16.0 Å². The van der Waals surface area contributed by atoms with Gasteiger partial charge in [0, 0.05) is 18.7 Å². The molecule has 0 aromatic heterocycles.